The van der Waals surface area contributed by atoms with Gasteiger partial charge < -0.3 is 9.88 Å². The molecule has 26 heavy (non-hydrogen) atoms. The predicted octanol–water partition coefficient (Wildman–Crippen LogP) is 3.35. The Balaban J connectivity index is 1.81. The van der Waals surface area contributed by atoms with Crippen LogP contribution in [0.4, 0.5) is 5.69 Å². The van der Waals surface area contributed by atoms with E-state index in [4.69, 9.17) is 11.6 Å². The molecule has 6 nitrogen and oxygen atoms in total. The van der Waals surface area contributed by atoms with Crippen molar-refractivity contribution in [2.75, 3.05) is 18.4 Å². The number of sulfonamides is 1. The lowest BCUT2D eigenvalue weighted by atomic mass is 10.0. The molecular formula is C18H22ClN3O3S. The molecule has 1 aromatic carbocycles. The van der Waals surface area contributed by atoms with E-state index in [0.29, 0.717) is 29.7 Å². The third-order valence-corrected chi connectivity index (χ3v) is 6.77. The molecule has 0 atom stereocenters. The van der Waals surface area contributed by atoms with Gasteiger partial charge >= 0.3 is 0 Å². The molecule has 0 unspecified atom stereocenters. The van der Waals surface area contributed by atoms with Crippen molar-refractivity contribution in [2.24, 2.45) is 13.0 Å². The Hall–Kier alpha value is -1.83. The highest BCUT2D eigenvalue weighted by molar-refractivity contribution is 7.89. The van der Waals surface area contributed by atoms with Crippen LogP contribution in [-0.2, 0) is 17.1 Å². The maximum Gasteiger partial charge on any atom is 0.272 e. The number of benzene rings is 1. The zero-order chi connectivity index (χ0) is 18.9. The number of amides is 1. The van der Waals surface area contributed by atoms with Crippen molar-refractivity contribution in [3.05, 3.63) is 47.2 Å². The summed E-state index contributed by atoms with van der Waals surface area (Å²) in [6.07, 6.45) is 3.20. The number of piperidine rings is 1. The first-order chi connectivity index (χ1) is 12.3. The Morgan fingerprint density at radius 3 is 2.58 bits per heavy atom. The summed E-state index contributed by atoms with van der Waals surface area (Å²) < 4.78 is 28.7. The number of halogens is 1. The van der Waals surface area contributed by atoms with Gasteiger partial charge in [0.2, 0.25) is 10.0 Å². The van der Waals surface area contributed by atoms with Gasteiger partial charge in [0, 0.05) is 37.0 Å². The number of anilines is 1. The number of hydrogen-bond acceptors (Lipinski definition) is 3. The van der Waals surface area contributed by atoms with Gasteiger partial charge in [-0.1, -0.05) is 24.6 Å². The van der Waals surface area contributed by atoms with Crippen LogP contribution in [0, 0.1) is 5.92 Å². The van der Waals surface area contributed by atoms with E-state index in [2.05, 4.69) is 12.2 Å². The highest BCUT2D eigenvalue weighted by Gasteiger charge is 2.30. The molecule has 1 aliphatic rings. The van der Waals surface area contributed by atoms with E-state index >= 15 is 0 Å². The Morgan fingerprint density at radius 2 is 1.92 bits per heavy atom. The molecule has 2 heterocycles. The molecule has 0 bridgehead atoms. The minimum Gasteiger partial charge on any atom is -0.345 e. The van der Waals surface area contributed by atoms with Gasteiger partial charge in [0.1, 0.15) is 10.6 Å². The predicted molar refractivity (Wildman–Crippen MR) is 102 cm³/mol. The van der Waals surface area contributed by atoms with Crippen molar-refractivity contribution in [1.82, 2.24) is 8.87 Å². The first-order valence-corrected chi connectivity index (χ1v) is 10.3. The van der Waals surface area contributed by atoms with Crippen molar-refractivity contribution in [1.29, 1.82) is 0 Å². The summed E-state index contributed by atoms with van der Waals surface area (Å²) in [6, 6.07) is 8.22. The maximum absolute atomic E-state index is 12.8. The molecular weight excluding hydrogens is 374 g/mol. The Labute approximate surface area is 158 Å². The fourth-order valence-electron chi connectivity index (χ4n) is 3.04. The molecule has 0 saturated carbocycles. The second-order valence-electron chi connectivity index (χ2n) is 6.72. The number of aryl methyl sites for hydroxylation is 1. The van der Waals surface area contributed by atoms with E-state index in [-0.39, 0.29) is 16.5 Å². The average Bonchev–Trinajstić information content (AvgIpc) is 2.98. The summed E-state index contributed by atoms with van der Waals surface area (Å²) in [6.45, 7) is 3.16. The second kappa shape index (κ2) is 7.42. The monoisotopic (exact) mass is 395 g/mol. The van der Waals surface area contributed by atoms with Crippen LogP contribution in [0.5, 0.6) is 0 Å². The van der Waals surface area contributed by atoms with Crippen LogP contribution in [0.3, 0.4) is 0 Å². The molecule has 0 radical (unpaired) electrons. The normalized spacial score (nSPS) is 16.6. The third kappa shape index (κ3) is 3.95. The first kappa shape index (κ1) is 18.9. The molecule has 1 aliphatic heterocycles. The minimum absolute atomic E-state index is 0.144. The summed E-state index contributed by atoms with van der Waals surface area (Å²) in [5.74, 6) is 0.153. The smallest absolute Gasteiger partial charge is 0.272 e. The first-order valence-electron chi connectivity index (χ1n) is 8.51. The Morgan fingerprint density at radius 1 is 1.23 bits per heavy atom. The topological polar surface area (TPSA) is 71.4 Å². The Bertz CT molecular complexity index is 916. The van der Waals surface area contributed by atoms with E-state index in [1.807, 2.05) is 0 Å². The highest BCUT2D eigenvalue weighted by Crippen LogP contribution is 2.25. The SMILES string of the molecule is CC1CCN(S(=O)(=O)c2cc(C(=O)Nc3cccc(Cl)c3)n(C)c2)CC1. The molecule has 0 aliphatic carbocycles. The zero-order valence-corrected chi connectivity index (χ0v) is 16.3. The Kier molecular flexibility index (Phi) is 5.41. The van der Waals surface area contributed by atoms with Crippen LogP contribution in [0.15, 0.2) is 41.4 Å². The molecule has 1 aromatic heterocycles. The maximum atomic E-state index is 12.8. The van der Waals surface area contributed by atoms with Crippen molar-refractivity contribution in [2.45, 2.75) is 24.7 Å². The van der Waals surface area contributed by atoms with Crippen LogP contribution >= 0.6 is 11.6 Å². The molecule has 0 spiro atoms. The molecule has 3 rings (SSSR count). The number of rotatable bonds is 4. The molecule has 1 amide bonds. The molecule has 140 valence electrons. The van der Waals surface area contributed by atoms with Crippen molar-refractivity contribution < 1.29 is 13.2 Å². The van der Waals surface area contributed by atoms with Gasteiger partial charge in [-0.3, -0.25) is 4.79 Å². The summed E-state index contributed by atoms with van der Waals surface area (Å²) in [5.41, 5.74) is 0.826. The van der Waals surface area contributed by atoms with Crippen LogP contribution in [0.1, 0.15) is 30.3 Å². The fraction of sp³-hybridized carbons (Fsp3) is 0.389. The van der Waals surface area contributed by atoms with Gasteiger partial charge in [-0.15, -0.1) is 0 Å². The zero-order valence-electron chi connectivity index (χ0n) is 14.8. The van der Waals surface area contributed by atoms with E-state index in [1.54, 1.807) is 31.3 Å². The largest absolute Gasteiger partial charge is 0.345 e. The number of carbonyl (C=O) groups excluding carboxylic acids is 1. The summed E-state index contributed by atoms with van der Waals surface area (Å²) in [4.78, 5) is 12.7. The number of hydrogen-bond donors (Lipinski definition) is 1. The van der Waals surface area contributed by atoms with Gasteiger partial charge in [-0.2, -0.15) is 4.31 Å². The lowest BCUT2D eigenvalue weighted by Gasteiger charge is -2.29. The standard InChI is InChI=1S/C18H22ClN3O3S/c1-13-6-8-22(9-7-13)26(24,25)16-11-17(21(2)12-16)18(23)20-15-5-3-4-14(19)10-15/h3-5,10-13H,6-9H2,1-2H3,(H,20,23). The van der Waals surface area contributed by atoms with Crippen LogP contribution in [0.25, 0.3) is 0 Å². The lowest BCUT2D eigenvalue weighted by molar-refractivity contribution is 0.101. The molecule has 1 saturated heterocycles. The second-order valence-corrected chi connectivity index (χ2v) is 9.10. The number of nitrogens with one attached hydrogen (secondary N) is 1. The van der Waals surface area contributed by atoms with Crippen LogP contribution < -0.4 is 5.32 Å². The van der Waals surface area contributed by atoms with E-state index in [1.165, 1.54) is 21.1 Å². The quantitative estimate of drug-likeness (QED) is 0.862. The molecule has 1 N–H and O–H groups in total. The number of aromatic nitrogens is 1. The minimum atomic E-state index is -3.59. The van der Waals surface area contributed by atoms with Crippen molar-refractivity contribution in [3.8, 4) is 0 Å². The van der Waals surface area contributed by atoms with Crippen LogP contribution in [0.2, 0.25) is 5.02 Å². The van der Waals surface area contributed by atoms with Gasteiger partial charge in [-0.05, 0) is 43.0 Å². The van der Waals surface area contributed by atoms with E-state index in [9.17, 15) is 13.2 Å². The molecule has 2 aromatic rings. The average molecular weight is 396 g/mol. The highest BCUT2D eigenvalue weighted by atomic mass is 35.5. The van der Waals surface area contributed by atoms with Gasteiger partial charge in [0.05, 0.1) is 0 Å². The lowest BCUT2D eigenvalue weighted by Crippen LogP contribution is -2.37. The van der Waals surface area contributed by atoms with Gasteiger partial charge in [-0.25, -0.2) is 8.42 Å². The van der Waals surface area contributed by atoms with Gasteiger partial charge in [0.15, 0.2) is 0 Å². The summed E-state index contributed by atoms with van der Waals surface area (Å²) in [7, 11) is -1.93. The molecule has 8 heteroatoms. The van der Waals surface area contributed by atoms with E-state index < -0.39 is 10.0 Å². The molecule has 1 fully saturated rings. The third-order valence-electron chi connectivity index (χ3n) is 4.68. The fourth-order valence-corrected chi connectivity index (χ4v) is 4.77. The number of carbonyl (C=O) groups is 1. The van der Waals surface area contributed by atoms with E-state index in [0.717, 1.165) is 12.8 Å². The van der Waals surface area contributed by atoms with Crippen molar-refractivity contribution >= 4 is 33.2 Å². The number of nitrogens with zero attached hydrogens (tertiary/aromatic N) is 2. The van der Waals surface area contributed by atoms with Crippen molar-refractivity contribution in [3.63, 3.8) is 0 Å². The van der Waals surface area contributed by atoms with Gasteiger partial charge in [0.25, 0.3) is 5.91 Å². The summed E-state index contributed by atoms with van der Waals surface area (Å²) >= 11 is 5.92. The van der Waals surface area contributed by atoms with Crippen LogP contribution in [-0.4, -0.2) is 36.3 Å². The summed E-state index contributed by atoms with van der Waals surface area (Å²) in [5, 5.41) is 3.25.